The van der Waals surface area contributed by atoms with Crippen LogP contribution in [-0.2, 0) is 22.3 Å². The molecule has 8 fully saturated rings. The van der Waals surface area contributed by atoms with Gasteiger partial charge in [-0.15, -0.1) is 0 Å². The highest BCUT2D eigenvalue weighted by Gasteiger charge is 2.57. The molecule has 2 aromatic rings. The average molecular weight is 659 g/mol. The smallest absolute Gasteiger partial charge is 0.161 e. The molecule has 8 aliphatic carbocycles. The summed E-state index contributed by atoms with van der Waals surface area (Å²) in [6.07, 6.45) is 17.4. The molecule has 0 aromatic heterocycles. The van der Waals surface area contributed by atoms with Gasteiger partial charge in [0.25, 0.3) is 0 Å². The van der Waals surface area contributed by atoms with Crippen molar-refractivity contribution < 1.29 is 29.9 Å². The van der Waals surface area contributed by atoms with Gasteiger partial charge < -0.3 is 41.4 Å². The van der Waals surface area contributed by atoms with E-state index in [1.54, 1.807) is 12.1 Å². The molecule has 2 aromatic carbocycles. The lowest BCUT2D eigenvalue weighted by molar-refractivity contribution is -0.165. The molecule has 4 atom stereocenters. The molecule has 0 amide bonds. The van der Waals surface area contributed by atoms with E-state index in [1.807, 2.05) is 12.1 Å². The Morgan fingerprint density at radius 1 is 0.521 bits per heavy atom. The average Bonchev–Trinajstić information content (AvgIpc) is 3.06. The summed E-state index contributed by atoms with van der Waals surface area (Å²) in [4.78, 5) is 0. The van der Waals surface area contributed by atoms with E-state index in [-0.39, 0.29) is 58.2 Å². The third-order valence-electron chi connectivity index (χ3n) is 14.7. The number of rotatable bonds is 4. The van der Waals surface area contributed by atoms with Crippen LogP contribution in [0.1, 0.15) is 112 Å². The minimum Gasteiger partial charge on any atom is -0.504 e. The predicted molar refractivity (Wildman–Crippen MR) is 181 cm³/mol. The maximum Gasteiger partial charge on any atom is 0.161 e. The Bertz CT molecular complexity index is 1390. The van der Waals surface area contributed by atoms with E-state index in [2.05, 4.69) is 0 Å². The van der Waals surface area contributed by atoms with Crippen molar-refractivity contribution in [1.82, 2.24) is 0 Å². The molecule has 10 aliphatic rings. The van der Waals surface area contributed by atoms with E-state index in [0.717, 1.165) is 57.8 Å². The Balaban J connectivity index is 0.000000131. The van der Waals surface area contributed by atoms with Gasteiger partial charge in [0.05, 0.1) is 24.4 Å². The summed E-state index contributed by atoms with van der Waals surface area (Å²) >= 11 is 0. The highest BCUT2D eigenvalue weighted by atomic mass is 16.5. The van der Waals surface area contributed by atoms with E-state index in [0.29, 0.717) is 25.9 Å². The van der Waals surface area contributed by atoms with Gasteiger partial charge in [0.15, 0.2) is 23.0 Å². The van der Waals surface area contributed by atoms with Crippen molar-refractivity contribution in [3.63, 3.8) is 0 Å². The van der Waals surface area contributed by atoms with Gasteiger partial charge in [-0.2, -0.15) is 0 Å². The molecule has 8 nitrogen and oxygen atoms in total. The summed E-state index contributed by atoms with van der Waals surface area (Å²) in [7, 11) is 0. The standard InChI is InChI=1S/2C20H27NO3/c2*21-10-17-14-1-2-16(22)19(23)15(14)6-18(24-17)20-7-11-3-12(8-20)5-13(4-11)9-20/h2*1-2,11-13,17-18,22-23H,3-10,21H2/t2*11?,12?,13?,17-,18-,20?/m00/s1. The first-order valence-electron chi connectivity index (χ1n) is 18.9. The first-order valence-corrected chi connectivity index (χ1v) is 18.9. The van der Waals surface area contributed by atoms with Crippen LogP contribution in [0.15, 0.2) is 24.3 Å². The Kier molecular flexibility index (Phi) is 7.54. The zero-order valence-electron chi connectivity index (χ0n) is 28.2. The molecule has 8 N–H and O–H groups in total. The topological polar surface area (TPSA) is 151 Å². The number of aromatic hydroxyl groups is 4. The van der Waals surface area contributed by atoms with Gasteiger partial charge in [-0.25, -0.2) is 0 Å². The molecule has 0 spiro atoms. The van der Waals surface area contributed by atoms with E-state index in [9.17, 15) is 20.4 Å². The quantitative estimate of drug-likeness (QED) is 0.204. The maximum atomic E-state index is 10.4. The number of ether oxygens (including phenoxy) is 2. The molecular formula is C40H54N2O6. The molecular weight excluding hydrogens is 604 g/mol. The van der Waals surface area contributed by atoms with Gasteiger partial charge in [-0.1, -0.05) is 12.1 Å². The molecule has 48 heavy (non-hydrogen) atoms. The van der Waals surface area contributed by atoms with Gasteiger partial charge in [-0.3, -0.25) is 0 Å². The predicted octanol–water partition coefficient (Wildman–Crippen LogP) is 6.51. The zero-order valence-corrected chi connectivity index (χ0v) is 28.2. The molecule has 8 saturated carbocycles. The molecule has 12 rings (SSSR count). The molecule has 8 heteroatoms. The first-order chi connectivity index (χ1) is 23.2. The third-order valence-corrected chi connectivity index (χ3v) is 14.7. The molecule has 0 radical (unpaired) electrons. The molecule has 0 unspecified atom stereocenters. The lowest BCUT2D eigenvalue weighted by Gasteiger charge is -2.60. The number of hydrogen-bond acceptors (Lipinski definition) is 8. The van der Waals surface area contributed by atoms with Gasteiger partial charge in [0, 0.05) is 37.1 Å². The van der Waals surface area contributed by atoms with Crippen LogP contribution in [0.4, 0.5) is 0 Å². The Morgan fingerprint density at radius 3 is 1.12 bits per heavy atom. The van der Waals surface area contributed by atoms with Gasteiger partial charge in [0.1, 0.15) is 0 Å². The normalized spacial score (nSPS) is 43.0. The fraction of sp³-hybridized carbons (Fsp3) is 0.700. The van der Waals surface area contributed by atoms with Crippen LogP contribution in [0.5, 0.6) is 23.0 Å². The zero-order chi connectivity index (χ0) is 32.9. The van der Waals surface area contributed by atoms with Crippen LogP contribution in [-0.4, -0.2) is 45.7 Å². The fourth-order valence-electron chi connectivity index (χ4n) is 13.6. The third kappa shape index (κ3) is 4.98. The van der Waals surface area contributed by atoms with E-state index in [1.165, 1.54) is 77.0 Å². The largest absolute Gasteiger partial charge is 0.504 e. The van der Waals surface area contributed by atoms with E-state index < -0.39 is 0 Å². The fourth-order valence-corrected chi connectivity index (χ4v) is 13.6. The van der Waals surface area contributed by atoms with Crippen molar-refractivity contribution in [2.24, 2.45) is 57.8 Å². The summed E-state index contributed by atoms with van der Waals surface area (Å²) in [5, 5.41) is 40.7. The van der Waals surface area contributed by atoms with Crippen molar-refractivity contribution in [3.8, 4) is 23.0 Å². The van der Waals surface area contributed by atoms with Gasteiger partial charge in [-0.05, 0) is 147 Å². The van der Waals surface area contributed by atoms with E-state index in [4.69, 9.17) is 20.9 Å². The molecule has 260 valence electrons. The second-order valence-corrected chi connectivity index (χ2v) is 17.7. The van der Waals surface area contributed by atoms with Gasteiger partial charge >= 0.3 is 0 Å². The summed E-state index contributed by atoms with van der Waals surface area (Å²) in [6.45, 7) is 0.833. The van der Waals surface area contributed by atoms with Crippen LogP contribution in [0.25, 0.3) is 0 Å². The number of fused-ring (bicyclic) bond motifs is 2. The maximum absolute atomic E-state index is 10.4. The van der Waals surface area contributed by atoms with Crippen molar-refractivity contribution in [3.05, 3.63) is 46.5 Å². The van der Waals surface area contributed by atoms with Crippen LogP contribution in [0.2, 0.25) is 0 Å². The first kappa shape index (κ1) is 31.5. The summed E-state index contributed by atoms with van der Waals surface area (Å²) in [6, 6.07) is 6.81. The number of phenolic OH excluding ortho intramolecular Hbond substituents is 4. The lowest BCUT2D eigenvalue weighted by Crippen LogP contribution is -2.54. The van der Waals surface area contributed by atoms with Crippen LogP contribution in [0, 0.1) is 46.3 Å². The van der Waals surface area contributed by atoms with Crippen LogP contribution in [0.3, 0.4) is 0 Å². The summed E-state index contributed by atoms with van der Waals surface area (Å²) in [5.74, 6) is 5.22. The van der Waals surface area contributed by atoms with Crippen molar-refractivity contribution in [2.45, 2.75) is 114 Å². The minimum atomic E-state index is -0.168. The molecule has 8 bridgehead atoms. The highest BCUT2D eigenvalue weighted by molar-refractivity contribution is 5.52. The number of nitrogens with two attached hydrogens (primary N) is 2. The Hall–Kier alpha value is -2.52. The SMILES string of the molecule is NC[C@@H]1O[C@H](C23CC4CC(CC(C4)C2)C3)Cc2c1ccc(O)c2O.NC[C@@H]1O[C@H](C23CC4CC(CC(C4)C2)C3)Cc2c1ccc(O)c2O. The van der Waals surface area contributed by atoms with Crippen molar-refractivity contribution >= 4 is 0 Å². The van der Waals surface area contributed by atoms with Crippen LogP contribution >= 0.6 is 0 Å². The van der Waals surface area contributed by atoms with Gasteiger partial charge in [0.2, 0.25) is 0 Å². The second kappa shape index (κ2) is 11.5. The minimum absolute atomic E-state index is 0.0315. The summed E-state index contributed by atoms with van der Waals surface area (Å²) in [5.41, 5.74) is 16.1. The molecule has 0 saturated heterocycles. The molecule has 2 aliphatic heterocycles. The Labute approximate surface area is 284 Å². The van der Waals surface area contributed by atoms with Crippen molar-refractivity contribution in [1.29, 1.82) is 0 Å². The monoisotopic (exact) mass is 658 g/mol. The van der Waals surface area contributed by atoms with E-state index >= 15 is 0 Å². The highest BCUT2D eigenvalue weighted by Crippen LogP contribution is 2.64. The van der Waals surface area contributed by atoms with Crippen LogP contribution < -0.4 is 11.5 Å². The van der Waals surface area contributed by atoms with Crippen molar-refractivity contribution in [2.75, 3.05) is 13.1 Å². The number of phenols is 4. The second-order valence-electron chi connectivity index (χ2n) is 17.7. The summed E-state index contributed by atoms with van der Waals surface area (Å²) < 4.78 is 13.0. The number of benzene rings is 2. The number of hydrogen-bond donors (Lipinski definition) is 6. The lowest BCUT2D eigenvalue weighted by atomic mass is 9.47. The Morgan fingerprint density at radius 2 is 0.833 bits per heavy atom. The molecule has 2 heterocycles.